The van der Waals surface area contributed by atoms with Gasteiger partial charge in [-0.15, -0.1) is 0 Å². The standard InChI is InChI=1S/C24H27ClN4O3/c1-13(2)32-20-9-17(19-11-28(5)12-26-19)16-6-7-29(24(31)21(16)22(20)25)10-18-14(3)8-15(4)27-23(18)30/h8-9,11-13H,6-7,10H2,1-5H3,(H,27,30). The number of ether oxygens (including phenoxy) is 1. The fourth-order valence-electron chi connectivity index (χ4n) is 4.20. The summed E-state index contributed by atoms with van der Waals surface area (Å²) in [5.74, 6) is 0.252. The van der Waals surface area contributed by atoms with Crippen molar-refractivity contribution in [2.75, 3.05) is 6.54 Å². The molecule has 3 heterocycles. The number of fused-ring (bicyclic) bond motifs is 1. The second-order valence-electron chi connectivity index (χ2n) is 8.60. The van der Waals surface area contributed by atoms with Crippen LogP contribution in [0, 0.1) is 13.8 Å². The fraction of sp³-hybridized carbons (Fsp3) is 0.375. The number of imidazole rings is 1. The number of hydrogen-bond donors (Lipinski definition) is 1. The molecule has 0 aliphatic carbocycles. The van der Waals surface area contributed by atoms with Gasteiger partial charge in [-0.1, -0.05) is 11.6 Å². The Labute approximate surface area is 192 Å². The van der Waals surface area contributed by atoms with Crippen molar-refractivity contribution >= 4 is 17.5 Å². The van der Waals surface area contributed by atoms with Crippen molar-refractivity contribution in [3.63, 3.8) is 0 Å². The molecule has 8 heteroatoms. The molecular formula is C24H27ClN4O3. The smallest absolute Gasteiger partial charge is 0.256 e. The lowest BCUT2D eigenvalue weighted by molar-refractivity contribution is 0.0725. The largest absolute Gasteiger partial charge is 0.489 e. The topological polar surface area (TPSA) is 80.2 Å². The van der Waals surface area contributed by atoms with Crippen LogP contribution in [0.25, 0.3) is 11.3 Å². The Morgan fingerprint density at radius 1 is 1.25 bits per heavy atom. The molecule has 0 bridgehead atoms. The van der Waals surface area contributed by atoms with E-state index in [1.807, 2.05) is 57.6 Å². The van der Waals surface area contributed by atoms with Gasteiger partial charge in [-0.2, -0.15) is 0 Å². The summed E-state index contributed by atoms with van der Waals surface area (Å²) in [6, 6.07) is 3.79. The van der Waals surface area contributed by atoms with E-state index in [1.165, 1.54) is 0 Å². The number of H-pyrrole nitrogens is 1. The van der Waals surface area contributed by atoms with E-state index in [2.05, 4.69) is 9.97 Å². The summed E-state index contributed by atoms with van der Waals surface area (Å²) < 4.78 is 7.80. The minimum atomic E-state index is -0.206. The van der Waals surface area contributed by atoms with Crippen molar-refractivity contribution in [1.82, 2.24) is 19.4 Å². The molecular weight excluding hydrogens is 428 g/mol. The van der Waals surface area contributed by atoms with Gasteiger partial charge >= 0.3 is 0 Å². The number of nitrogens with one attached hydrogen (secondary N) is 1. The predicted octanol–water partition coefficient (Wildman–Crippen LogP) is 4.03. The molecule has 7 nitrogen and oxygen atoms in total. The van der Waals surface area contributed by atoms with Crippen LogP contribution in [0.4, 0.5) is 0 Å². The highest BCUT2D eigenvalue weighted by atomic mass is 35.5. The molecule has 1 amide bonds. The van der Waals surface area contributed by atoms with Crippen molar-refractivity contribution in [3.05, 3.63) is 68.0 Å². The number of amides is 1. The Balaban J connectivity index is 1.80. The molecule has 168 valence electrons. The summed E-state index contributed by atoms with van der Waals surface area (Å²) >= 11 is 6.72. The van der Waals surface area contributed by atoms with Crippen LogP contribution in [-0.4, -0.2) is 38.0 Å². The second kappa shape index (κ2) is 8.47. The Kier molecular flexibility index (Phi) is 5.86. The van der Waals surface area contributed by atoms with E-state index in [1.54, 1.807) is 11.2 Å². The SMILES string of the molecule is Cc1cc(C)c(CN2CCc3c(-c4cn(C)cn4)cc(OC(C)C)c(Cl)c3C2=O)c(=O)[nH]1. The van der Waals surface area contributed by atoms with E-state index in [0.717, 1.165) is 28.1 Å². The molecule has 0 unspecified atom stereocenters. The van der Waals surface area contributed by atoms with Crippen molar-refractivity contribution in [3.8, 4) is 17.0 Å². The van der Waals surface area contributed by atoms with E-state index in [-0.39, 0.29) is 24.1 Å². The molecule has 0 fully saturated rings. The third-order valence-corrected chi connectivity index (χ3v) is 6.03. The summed E-state index contributed by atoms with van der Waals surface area (Å²) in [4.78, 5) is 35.1. The van der Waals surface area contributed by atoms with Gasteiger partial charge in [-0.25, -0.2) is 4.98 Å². The highest BCUT2D eigenvalue weighted by Crippen LogP contribution is 2.41. The Bertz CT molecular complexity index is 1260. The van der Waals surface area contributed by atoms with Gasteiger partial charge < -0.3 is 19.2 Å². The van der Waals surface area contributed by atoms with Gasteiger partial charge in [0, 0.05) is 36.6 Å². The van der Waals surface area contributed by atoms with Gasteiger partial charge in [0.2, 0.25) is 0 Å². The van der Waals surface area contributed by atoms with Crippen LogP contribution >= 0.6 is 11.6 Å². The number of aromatic nitrogens is 3. The molecule has 1 aliphatic heterocycles. The summed E-state index contributed by atoms with van der Waals surface area (Å²) in [5.41, 5.74) is 4.98. The quantitative estimate of drug-likeness (QED) is 0.631. The first-order valence-corrected chi connectivity index (χ1v) is 11.0. The average Bonchev–Trinajstić information content (AvgIpc) is 3.13. The van der Waals surface area contributed by atoms with Crippen LogP contribution in [0.3, 0.4) is 0 Å². The lowest BCUT2D eigenvalue weighted by Gasteiger charge is -2.31. The normalized spacial score (nSPS) is 13.6. The third-order valence-electron chi connectivity index (χ3n) is 5.66. The molecule has 0 atom stereocenters. The number of nitrogens with zero attached hydrogens (tertiary/aromatic N) is 3. The van der Waals surface area contributed by atoms with E-state index in [9.17, 15) is 9.59 Å². The number of rotatable bonds is 5. The highest BCUT2D eigenvalue weighted by Gasteiger charge is 2.32. The van der Waals surface area contributed by atoms with Crippen LogP contribution in [0.15, 0.2) is 29.5 Å². The van der Waals surface area contributed by atoms with Crippen LogP contribution in [0.5, 0.6) is 5.75 Å². The number of aromatic amines is 1. The molecule has 2 aromatic heterocycles. The Morgan fingerprint density at radius 2 is 2.00 bits per heavy atom. The molecule has 32 heavy (non-hydrogen) atoms. The summed E-state index contributed by atoms with van der Waals surface area (Å²) in [7, 11) is 1.90. The number of halogens is 1. The van der Waals surface area contributed by atoms with Crippen molar-refractivity contribution in [2.24, 2.45) is 7.05 Å². The maximum atomic E-state index is 13.6. The first kappa shape index (κ1) is 22.1. The van der Waals surface area contributed by atoms with Gasteiger partial charge in [-0.05, 0) is 57.4 Å². The lowest BCUT2D eigenvalue weighted by Crippen LogP contribution is -2.39. The average molecular weight is 455 g/mol. The Hall–Kier alpha value is -3.06. The Morgan fingerprint density at radius 3 is 2.62 bits per heavy atom. The van der Waals surface area contributed by atoms with Crippen molar-refractivity contribution in [2.45, 2.75) is 46.8 Å². The van der Waals surface area contributed by atoms with Gasteiger partial charge in [-0.3, -0.25) is 9.59 Å². The maximum absolute atomic E-state index is 13.6. The number of carbonyl (C=O) groups excluding carboxylic acids is 1. The highest BCUT2D eigenvalue weighted by molar-refractivity contribution is 6.35. The number of aryl methyl sites for hydroxylation is 3. The predicted molar refractivity (Wildman–Crippen MR) is 124 cm³/mol. The summed E-state index contributed by atoms with van der Waals surface area (Å²) in [6.07, 6.45) is 4.14. The maximum Gasteiger partial charge on any atom is 0.256 e. The number of hydrogen-bond acceptors (Lipinski definition) is 4. The zero-order chi connectivity index (χ0) is 23.2. The van der Waals surface area contributed by atoms with Gasteiger partial charge in [0.25, 0.3) is 11.5 Å². The van der Waals surface area contributed by atoms with Gasteiger partial charge in [0.1, 0.15) is 5.75 Å². The van der Waals surface area contributed by atoms with Crippen molar-refractivity contribution in [1.29, 1.82) is 0 Å². The monoisotopic (exact) mass is 454 g/mol. The number of pyridine rings is 1. The molecule has 1 aliphatic rings. The van der Waals surface area contributed by atoms with Gasteiger partial charge in [0.05, 0.1) is 35.3 Å². The van der Waals surface area contributed by atoms with Crippen LogP contribution in [0.1, 0.15) is 46.6 Å². The zero-order valence-corrected chi connectivity index (χ0v) is 19.7. The molecule has 1 aromatic carbocycles. The number of benzene rings is 1. The molecule has 0 saturated carbocycles. The molecule has 3 aromatic rings. The lowest BCUT2D eigenvalue weighted by atomic mass is 9.91. The minimum absolute atomic E-state index is 0.106. The second-order valence-corrected chi connectivity index (χ2v) is 8.98. The van der Waals surface area contributed by atoms with Crippen LogP contribution in [0.2, 0.25) is 5.02 Å². The van der Waals surface area contributed by atoms with E-state index >= 15 is 0 Å². The van der Waals surface area contributed by atoms with Crippen LogP contribution in [-0.2, 0) is 20.0 Å². The van der Waals surface area contributed by atoms with Crippen molar-refractivity contribution < 1.29 is 9.53 Å². The minimum Gasteiger partial charge on any atom is -0.489 e. The van der Waals surface area contributed by atoms with E-state index in [4.69, 9.17) is 16.3 Å². The first-order valence-electron chi connectivity index (χ1n) is 10.6. The van der Waals surface area contributed by atoms with Gasteiger partial charge in [0.15, 0.2) is 0 Å². The first-order chi connectivity index (χ1) is 15.2. The molecule has 1 N–H and O–H groups in total. The molecule has 0 saturated heterocycles. The summed E-state index contributed by atoms with van der Waals surface area (Å²) in [6.45, 7) is 8.27. The zero-order valence-electron chi connectivity index (χ0n) is 19.0. The molecule has 0 radical (unpaired) electrons. The van der Waals surface area contributed by atoms with Crippen LogP contribution < -0.4 is 10.3 Å². The van der Waals surface area contributed by atoms with E-state index in [0.29, 0.717) is 34.9 Å². The molecule has 0 spiro atoms. The third kappa shape index (κ3) is 4.05. The molecule has 4 rings (SSSR count). The fourth-order valence-corrected chi connectivity index (χ4v) is 4.49. The number of carbonyl (C=O) groups is 1. The van der Waals surface area contributed by atoms with E-state index < -0.39 is 0 Å². The summed E-state index contributed by atoms with van der Waals surface area (Å²) in [5, 5.41) is 0.303.